The molecule has 1 aliphatic heterocycles. The molecule has 2 aliphatic rings. The van der Waals surface area contributed by atoms with Crippen LogP contribution in [0.5, 0.6) is 0 Å². The fourth-order valence-corrected chi connectivity index (χ4v) is 3.69. The number of nitrogens with zero attached hydrogens (tertiary/aromatic N) is 5. The van der Waals surface area contributed by atoms with E-state index >= 15 is 0 Å². The second-order valence-corrected chi connectivity index (χ2v) is 6.58. The molecule has 9 heteroatoms. The second kappa shape index (κ2) is 8.49. The lowest BCUT2D eigenvalue weighted by molar-refractivity contribution is 0.0700. The van der Waals surface area contributed by atoms with Crippen LogP contribution in [0.1, 0.15) is 43.4 Å². The Morgan fingerprint density at radius 3 is 2.76 bits per heavy atom. The van der Waals surface area contributed by atoms with E-state index in [0.29, 0.717) is 0 Å². The van der Waals surface area contributed by atoms with Crippen LogP contribution in [0, 0.1) is 6.92 Å². The molecule has 2 N–H and O–H groups in total. The van der Waals surface area contributed by atoms with Crippen molar-refractivity contribution in [2.75, 3.05) is 13.1 Å². The van der Waals surface area contributed by atoms with Gasteiger partial charge in [-0.15, -0.1) is 24.8 Å². The minimum Gasteiger partial charge on any atom is -0.391 e. The van der Waals surface area contributed by atoms with Gasteiger partial charge in [0.05, 0.1) is 12.1 Å². The predicted molar refractivity (Wildman–Crippen MR) is 101 cm³/mol. The van der Waals surface area contributed by atoms with Gasteiger partial charge >= 0.3 is 0 Å². The number of rotatable bonds is 2. The summed E-state index contributed by atoms with van der Waals surface area (Å²) in [6.07, 6.45) is 6.69. The van der Waals surface area contributed by atoms with Crippen molar-refractivity contribution in [3.05, 3.63) is 17.8 Å². The Hall–Kier alpha value is -1.15. The number of nitrogens with one attached hydrogen (secondary N) is 1. The van der Waals surface area contributed by atoms with Gasteiger partial charge in [0, 0.05) is 32.3 Å². The van der Waals surface area contributed by atoms with E-state index in [1.165, 1.54) is 0 Å². The highest BCUT2D eigenvalue weighted by atomic mass is 35.5. The quantitative estimate of drug-likeness (QED) is 0.820. The molecule has 0 spiro atoms. The second-order valence-electron chi connectivity index (χ2n) is 6.58. The molecule has 0 saturated heterocycles. The molecule has 2 aromatic heterocycles. The lowest BCUT2D eigenvalue weighted by Gasteiger charge is -2.28. The molecule has 1 aliphatic carbocycles. The summed E-state index contributed by atoms with van der Waals surface area (Å²) in [5.74, 6) is 2.63. The molecule has 3 heterocycles. The summed E-state index contributed by atoms with van der Waals surface area (Å²) in [7, 11) is 0. The fourth-order valence-electron chi connectivity index (χ4n) is 3.69. The standard InChI is InChI=1S/C16H24N6O.2ClH/c1-11-18-16(22(20-11)13-4-2-3-5-14(13)23)12-10-21-9-8-17-7-6-15(21)19-12;;/h10,13-14,17,23H,2-9H2,1H3;2*1H/t13-,14-;;/m1../s1. The number of imidazole rings is 1. The number of aromatic nitrogens is 5. The number of hydrogen-bond donors (Lipinski definition) is 2. The van der Waals surface area contributed by atoms with Crippen LogP contribution in [0.2, 0.25) is 0 Å². The maximum atomic E-state index is 10.4. The Labute approximate surface area is 160 Å². The minimum atomic E-state index is -0.340. The van der Waals surface area contributed by atoms with E-state index in [-0.39, 0.29) is 37.0 Å². The molecule has 1 saturated carbocycles. The molecule has 0 radical (unpaired) electrons. The highest BCUT2D eigenvalue weighted by Crippen LogP contribution is 2.31. The molecule has 25 heavy (non-hydrogen) atoms. The Morgan fingerprint density at radius 1 is 1.16 bits per heavy atom. The van der Waals surface area contributed by atoms with Crippen molar-refractivity contribution >= 4 is 24.8 Å². The van der Waals surface area contributed by atoms with Gasteiger partial charge in [-0.3, -0.25) is 0 Å². The topological polar surface area (TPSA) is 80.8 Å². The zero-order valence-corrected chi connectivity index (χ0v) is 16.0. The average Bonchev–Trinajstić information content (AvgIpc) is 3.05. The molecule has 2 atom stereocenters. The van der Waals surface area contributed by atoms with Crippen molar-refractivity contribution in [1.82, 2.24) is 29.6 Å². The van der Waals surface area contributed by atoms with Crippen LogP contribution in [0.25, 0.3) is 11.5 Å². The Bertz CT molecular complexity index is 677. The largest absolute Gasteiger partial charge is 0.391 e. The summed E-state index contributed by atoms with van der Waals surface area (Å²) < 4.78 is 4.13. The number of halogens is 2. The number of aliphatic hydroxyl groups excluding tert-OH is 1. The molecule has 4 rings (SSSR count). The van der Waals surface area contributed by atoms with Crippen molar-refractivity contribution in [2.45, 2.75) is 57.7 Å². The zero-order chi connectivity index (χ0) is 15.8. The van der Waals surface area contributed by atoms with Gasteiger partial charge in [0.1, 0.15) is 17.3 Å². The van der Waals surface area contributed by atoms with Gasteiger partial charge in [-0.25, -0.2) is 14.6 Å². The molecule has 0 bridgehead atoms. The van der Waals surface area contributed by atoms with Crippen LogP contribution in [0.3, 0.4) is 0 Å². The van der Waals surface area contributed by atoms with Crippen LogP contribution >= 0.6 is 24.8 Å². The van der Waals surface area contributed by atoms with Crippen molar-refractivity contribution in [1.29, 1.82) is 0 Å². The fraction of sp³-hybridized carbons (Fsp3) is 0.688. The first-order chi connectivity index (χ1) is 11.2. The van der Waals surface area contributed by atoms with Gasteiger partial charge in [0.25, 0.3) is 0 Å². The van der Waals surface area contributed by atoms with Gasteiger partial charge in [-0.05, 0) is 19.8 Å². The predicted octanol–water partition coefficient (Wildman–Crippen LogP) is 1.92. The molecule has 140 valence electrons. The van der Waals surface area contributed by atoms with Crippen molar-refractivity contribution in [3.8, 4) is 11.5 Å². The summed E-state index contributed by atoms with van der Waals surface area (Å²) in [6, 6.07) is 0.0168. The van der Waals surface area contributed by atoms with Gasteiger partial charge in [-0.2, -0.15) is 5.10 Å². The van der Waals surface area contributed by atoms with Crippen LogP contribution in [0.15, 0.2) is 6.20 Å². The smallest absolute Gasteiger partial charge is 0.178 e. The maximum Gasteiger partial charge on any atom is 0.178 e. The van der Waals surface area contributed by atoms with Crippen LogP contribution in [-0.2, 0) is 13.0 Å². The van der Waals surface area contributed by atoms with E-state index in [4.69, 9.17) is 4.98 Å². The monoisotopic (exact) mass is 388 g/mol. The SMILES string of the molecule is Cc1nc(-c2cn3c(n2)CCNCC3)n([C@@H]2CCCC[C@H]2O)n1.Cl.Cl. The van der Waals surface area contributed by atoms with E-state index in [1.807, 2.05) is 11.6 Å². The van der Waals surface area contributed by atoms with Gasteiger partial charge in [0.15, 0.2) is 5.82 Å². The summed E-state index contributed by atoms with van der Waals surface area (Å²) in [4.78, 5) is 9.40. The average molecular weight is 389 g/mol. The highest BCUT2D eigenvalue weighted by molar-refractivity contribution is 5.85. The van der Waals surface area contributed by atoms with E-state index in [9.17, 15) is 5.11 Å². The maximum absolute atomic E-state index is 10.4. The van der Waals surface area contributed by atoms with Gasteiger partial charge in [-0.1, -0.05) is 12.8 Å². The molecule has 0 aromatic carbocycles. The Balaban J connectivity index is 0.00000113. The van der Waals surface area contributed by atoms with Crippen molar-refractivity contribution in [3.63, 3.8) is 0 Å². The normalized spacial score (nSPS) is 23.1. The number of fused-ring (bicyclic) bond motifs is 1. The zero-order valence-electron chi connectivity index (χ0n) is 14.4. The van der Waals surface area contributed by atoms with Crippen molar-refractivity contribution in [2.24, 2.45) is 0 Å². The van der Waals surface area contributed by atoms with E-state index in [0.717, 1.165) is 74.9 Å². The molecule has 2 aromatic rings. The Morgan fingerprint density at radius 2 is 1.96 bits per heavy atom. The molecule has 0 unspecified atom stereocenters. The van der Waals surface area contributed by atoms with Gasteiger partial charge < -0.3 is 15.0 Å². The molecular formula is C16H26Cl2N6O. The third kappa shape index (κ3) is 4.00. The van der Waals surface area contributed by atoms with E-state index < -0.39 is 0 Å². The molecule has 0 amide bonds. The summed E-state index contributed by atoms with van der Waals surface area (Å²) in [6.45, 7) is 4.76. The number of hydrogen-bond acceptors (Lipinski definition) is 5. The first-order valence-corrected chi connectivity index (χ1v) is 8.61. The minimum absolute atomic E-state index is 0. The summed E-state index contributed by atoms with van der Waals surface area (Å²) in [5.41, 5.74) is 0.875. The first-order valence-electron chi connectivity index (χ1n) is 8.61. The van der Waals surface area contributed by atoms with E-state index in [2.05, 4.69) is 26.2 Å². The summed E-state index contributed by atoms with van der Waals surface area (Å²) in [5, 5.41) is 18.3. The Kier molecular flexibility index (Phi) is 6.85. The summed E-state index contributed by atoms with van der Waals surface area (Å²) >= 11 is 0. The van der Waals surface area contributed by atoms with Crippen LogP contribution in [0.4, 0.5) is 0 Å². The highest BCUT2D eigenvalue weighted by Gasteiger charge is 2.29. The van der Waals surface area contributed by atoms with Gasteiger partial charge in [0.2, 0.25) is 0 Å². The van der Waals surface area contributed by atoms with Crippen molar-refractivity contribution < 1.29 is 5.11 Å². The lowest BCUT2D eigenvalue weighted by atomic mass is 9.92. The van der Waals surface area contributed by atoms with Crippen LogP contribution in [-0.4, -0.2) is 48.6 Å². The number of aryl methyl sites for hydroxylation is 1. The van der Waals surface area contributed by atoms with Crippen LogP contribution < -0.4 is 5.32 Å². The molecule has 1 fully saturated rings. The molecule has 7 nitrogen and oxygen atoms in total. The third-order valence-electron chi connectivity index (χ3n) is 4.89. The lowest BCUT2D eigenvalue weighted by Crippen LogP contribution is -2.29. The first kappa shape index (κ1) is 20.2. The van der Waals surface area contributed by atoms with E-state index in [1.54, 1.807) is 0 Å². The number of aliphatic hydroxyl groups is 1. The third-order valence-corrected chi connectivity index (χ3v) is 4.89. The molecular weight excluding hydrogens is 363 g/mol.